The fourth-order valence-corrected chi connectivity index (χ4v) is 4.81. The van der Waals surface area contributed by atoms with E-state index in [1.807, 2.05) is 35.2 Å². The van der Waals surface area contributed by atoms with E-state index >= 15 is 0 Å². The molecule has 1 spiro atoms. The maximum absolute atomic E-state index is 12.9. The van der Waals surface area contributed by atoms with E-state index in [1.165, 1.54) is 10.8 Å². The molecule has 1 aromatic heterocycles. The Kier molecular flexibility index (Phi) is 3.83. The number of carbonyl (C=O) groups excluding carboxylic acids is 2. The van der Waals surface area contributed by atoms with Crippen LogP contribution in [-0.4, -0.2) is 56.1 Å². The summed E-state index contributed by atoms with van der Waals surface area (Å²) in [5, 5.41) is 0. The highest BCUT2D eigenvalue weighted by Crippen LogP contribution is 2.51. The second kappa shape index (κ2) is 6.27. The van der Waals surface area contributed by atoms with Crippen LogP contribution in [0.3, 0.4) is 0 Å². The van der Waals surface area contributed by atoms with Crippen LogP contribution in [0.1, 0.15) is 24.4 Å². The predicted octanol–water partition coefficient (Wildman–Crippen LogP) is 0.544. The molecule has 3 aliphatic rings. The van der Waals surface area contributed by atoms with E-state index in [2.05, 4.69) is 4.98 Å². The van der Waals surface area contributed by atoms with Crippen LogP contribution < -0.4 is 5.69 Å². The van der Waals surface area contributed by atoms with Crippen molar-refractivity contribution in [3.05, 3.63) is 64.8 Å². The fraction of sp³-hybridized carbons (Fsp3) is 0.400. The molecule has 3 saturated heterocycles. The van der Waals surface area contributed by atoms with Crippen molar-refractivity contribution in [2.75, 3.05) is 13.2 Å². The summed E-state index contributed by atoms with van der Waals surface area (Å²) in [4.78, 5) is 44.8. The molecular weight excluding hydrogens is 360 g/mol. The first-order chi connectivity index (χ1) is 13.6. The van der Waals surface area contributed by atoms with Crippen molar-refractivity contribution in [2.24, 2.45) is 0 Å². The van der Waals surface area contributed by atoms with Crippen LogP contribution in [0.15, 0.2) is 53.6 Å². The molecule has 4 heterocycles. The minimum atomic E-state index is -0.757. The van der Waals surface area contributed by atoms with Gasteiger partial charge in [0.05, 0.1) is 25.1 Å². The van der Waals surface area contributed by atoms with E-state index < -0.39 is 11.4 Å². The minimum absolute atomic E-state index is 0.00685. The van der Waals surface area contributed by atoms with E-state index in [-0.39, 0.29) is 36.9 Å². The van der Waals surface area contributed by atoms with Crippen LogP contribution in [0.5, 0.6) is 0 Å². The number of benzene rings is 1. The zero-order valence-electron chi connectivity index (χ0n) is 15.2. The molecule has 0 aliphatic carbocycles. The topological polar surface area (TPSA) is 84.7 Å². The maximum atomic E-state index is 12.9. The molecule has 0 bridgehead atoms. The van der Waals surface area contributed by atoms with Crippen molar-refractivity contribution >= 4 is 11.8 Å². The Balaban J connectivity index is 1.41. The Bertz CT molecular complexity index is 991. The lowest BCUT2D eigenvalue weighted by molar-refractivity contribution is -0.141. The van der Waals surface area contributed by atoms with Crippen molar-refractivity contribution in [1.29, 1.82) is 0 Å². The van der Waals surface area contributed by atoms with Gasteiger partial charge in [0, 0.05) is 25.4 Å². The summed E-state index contributed by atoms with van der Waals surface area (Å²) in [6.45, 7) is 0.843. The molecule has 3 fully saturated rings. The SMILES string of the molecule is O=C(Cn1cccnc1=O)N1CC[C@@]23OC[C@@H](c4ccccc4)N2C(=O)C[C@@H]13. The van der Waals surface area contributed by atoms with Gasteiger partial charge in [-0.05, 0) is 11.6 Å². The van der Waals surface area contributed by atoms with Crippen molar-refractivity contribution < 1.29 is 14.3 Å². The third-order valence-corrected chi connectivity index (χ3v) is 6.05. The summed E-state index contributed by atoms with van der Waals surface area (Å²) in [6, 6.07) is 11.0. The Labute approximate surface area is 161 Å². The Hall–Kier alpha value is -3.00. The molecule has 3 aliphatic heterocycles. The first kappa shape index (κ1) is 17.1. The third kappa shape index (κ3) is 2.41. The minimum Gasteiger partial charge on any atom is -0.351 e. The molecule has 0 saturated carbocycles. The molecule has 3 atom stereocenters. The number of carbonyl (C=O) groups is 2. The van der Waals surface area contributed by atoms with Crippen LogP contribution in [0.4, 0.5) is 0 Å². The summed E-state index contributed by atoms with van der Waals surface area (Å²) < 4.78 is 7.49. The molecule has 2 amide bonds. The molecule has 0 unspecified atom stereocenters. The van der Waals surface area contributed by atoms with E-state index in [9.17, 15) is 14.4 Å². The van der Waals surface area contributed by atoms with Gasteiger partial charge >= 0.3 is 5.69 Å². The lowest BCUT2D eigenvalue weighted by Crippen LogP contribution is -2.49. The zero-order valence-corrected chi connectivity index (χ0v) is 15.2. The van der Waals surface area contributed by atoms with Crippen molar-refractivity contribution in [2.45, 2.75) is 37.2 Å². The first-order valence-corrected chi connectivity index (χ1v) is 9.42. The van der Waals surface area contributed by atoms with Gasteiger partial charge in [-0.15, -0.1) is 0 Å². The summed E-state index contributed by atoms with van der Waals surface area (Å²) in [5.74, 6) is -0.189. The van der Waals surface area contributed by atoms with Gasteiger partial charge in [-0.2, -0.15) is 0 Å². The van der Waals surface area contributed by atoms with E-state index in [0.29, 0.717) is 19.6 Å². The van der Waals surface area contributed by atoms with E-state index in [1.54, 1.807) is 17.2 Å². The van der Waals surface area contributed by atoms with Crippen LogP contribution in [0, 0.1) is 0 Å². The molecule has 2 aromatic rings. The summed E-state index contributed by atoms with van der Waals surface area (Å²) in [6.07, 6.45) is 3.78. The average Bonchev–Trinajstić information content (AvgIpc) is 3.33. The molecule has 28 heavy (non-hydrogen) atoms. The van der Waals surface area contributed by atoms with Crippen LogP contribution in [-0.2, 0) is 20.9 Å². The normalized spacial score (nSPS) is 28.5. The van der Waals surface area contributed by atoms with E-state index in [4.69, 9.17) is 4.74 Å². The molecule has 8 heteroatoms. The standard InChI is InChI=1S/C20H20N4O4/c25-17-11-16-20(24(17)15(13-28-20)14-5-2-1-3-6-14)7-10-23(16)18(26)12-22-9-4-8-21-19(22)27/h1-6,8-9,15-16H,7,10-13H2/t15-,16+,20-/m0/s1. The smallest absolute Gasteiger partial charge is 0.347 e. The van der Waals surface area contributed by atoms with Gasteiger partial charge in [0.1, 0.15) is 6.54 Å². The first-order valence-electron chi connectivity index (χ1n) is 9.42. The molecule has 144 valence electrons. The Morgan fingerprint density at radius 3 is 2.82 bits per heavy atom. The number of likely N-dealkylation sites (tertiary alicyclic amines) is 1. The largest absolute Gasteiger partial charge is 0.351 e. The second-order valence-corrected chi connectivity index (χ2v) is 7.43. The summed E-state index contributed by atoms with van der Waals surface area (Å²) in [7, 11) is 0. The molecule has 5 rings (SSSR count). The van der Waals surface area contributed by atoms with Gasteiger partial charge in [-0.25, -0.2) is 9.78 Å². The van der Waals surface area contributed by atoms with Crippen molar-refractivity contribution in [3.8, 4) is 0 Å². The fourth-order valence-electron chi connectivity index (χ4n) is 4.81. The highest BCUT2D eigenvalue weighted by Gasteiger charge is 2.65. The number of hydrogen-bond acceptors (Lipinski definition) is 5. The van der Waals surface area contributed by atoms with Gasteiger partial charge in [-0.1, -0.05) is 30.3 Å². The van der Waals surface area contributed by atoms with Crippen LogP contribution in [0.25, 0.3) is 0 Å². The number of rotatable bonds is 3. The highest BCUT2D eigenvalue weighted by molar-refractivity contribution is 5.85. The predicted molar refractivity (Wildman–Crippen MR) is 97.9 cm³/mol. The lowest BCUT2D eigenvalue weighted by atomic mass is 10.0. The zero-order chi connectivity index (χ0) is 19.3. The third-order valence-electron chi connectivity index (χ3n) is 6.05. The number of amides is 2. The second-order valence-electron chi connectivity index (χ2n) is 7.43. The van der Waals surface area contributed by atoms with Gasteiger partial charge in [0.25, 0.3) is 0 Å². The van der Waals surface area contributed by atoms with Crippen molar-refractivity contribution in [3.63, 3.8) is 0 Å². The van der Waals surface area contributed by atoms with Gasteiger partial charge < -0.3 is 14.5 Å². The molecular formula is C20H20N4O4. The molecule has 0 radical (unpaired) electrons. The van der Waals surface area contributed by atoms with Crippen LogP contribution >= 0.6 is 0 Å². The molecule has 1 aromatic carbocycles. The lowest BCUT2D eigenvalue weighted by Gasteiger charge is -2.33. The van der Waals surface area contributed by atoms with Gasteiger partial charge in [0.15, 0.2) is 5.72 Å². The van der Waals surface area contributed by atoms with E-state index in [0.717, 1.165) is 5.56 Å². The monoisotopic (exact) mass is 380 g/mol. The number of nitrogens with zero attached hydrogens (tertiary/aromatic N) is 4. The maximum Gasteiger partial charge on any atom is 0.347 e. The number of aromatic nitrogens is 2. The number of ether oxygens (including phenoxy) is 1. The Morgan fingerprint density at radius 1 is 1.21 bits per heavy atom. The van der Waals surface area contributed by atoms with Crippen LogP contribution in [0.2, 0.25) is 0 Å². The van der Waals surface area contributed by atoms with Gasteiger partial charge in [0.2, 0.25) is 11.8 Å². The quantitative estimate of drug-likeness (QED) is 0.776. The summed E-state index contributed by atoms with van der Waals surface area (Å²) >= 11 is 0. The average molecular weight is 380 g/mol. The molecule has 8 nitrogen and oxygen atoms in total. The summed E-state index contributed by atoms with van der Waals surface area (Å²) in [5.41, 5.74) is -0.178. The van der Waals surface area contributed by atoms with Gasteiger partial charge in [-0.3, -0.25) is 14.2 Å². The number of hydrogen-bond donors (Lipinski definition) is 0. The highest BCUT2D eigenvalue weighted by atomic mass is 16.5. The molecule has 0 N–H and O–H groups in total. The Morgan fingerprint density at radius 2 is 2.04 bits per heavy atom. The van der Waals surface area contributed by atoms with Crippen molar-refractivity contribution in [1.82, 2.24) is 19.4 Å².